The van der Waals surface area contributed by atoms with Gasteiger partial charge in [-0.3, -0.25) is 9.59 Å². The highest BCUT2D eigenvalue weighted by molar-refractivity contribution is 9.08. The molecule has 0 atom stereocenters. The third kappa shape index (κ3) is 3.36. The van der Waals surface area contributed by atoms with Crippen LogP contribution < -0.4 is 5.43 Å². The SMILES string of the molecule is COC(=O)Cc1[nH]c(CBr)cc(=O)c1C(F)F. The van der Waals surface area contributed by atoms with Crippen molar-refractivity contribution in [2.24, 2.45) is 0 Å². The number of aromatic amines is 1. The topological polar surface area (TPSA) is 59.2 Å². The van der Waals surface area contributed by atoms with Gasteiger partial charge in [-0.1, -0.05) is 15.9 Å². The minimum Gasteiger partial charge on any atom is -0.469 e. The van der Waals surface area contributed by atoms with Crippen LogP contribution >= 0.6 is 15.9 Å². The van der Waals surface area contributed by atoms with Gasteiger partial charge in [0, 0.05) is 22.8 Å². The van der Waals surface area contributed by atoms with Crippen molar-refractivity contribution in [3.8, 4) is 0 Å². The summed E-state index contributed by atoms with van der Waals surface area (Å²) in [7, 11) is 1.15. The Morgan fingerprint density at radius 1 is 1.59 bits per heavy atom. The van der Waals surface area contributed by atoms with Crippen LogP contribution in [0.3, 0.4) is 0 Å². The van der Waals surface area contributed by atoms with Gasteiger partial charge < -0.3 is 9.72 Å². The van der Waals surface area contributed by atoms with Crippen LogP contribution in [0, 0.1) is 0 Å². The number of aromatic nitrogens is 1. The molecule has 94 valence electrons. The van der Waals surface area contributed by atoms with Crippen molar-refractivity contribution < 1.29 is 18.3 Å². The van der Waals surface area contributed by atoms with Gasteiger partial charge in [-0.25, -0.2) is 8.78 Å². The van der Waals surface area contributed by atoms with Crippen molar-refractivity contribution in [1.82, 2.24) is 4.98 Å². The number of carbonyl (C=O) groups is 1. The Hall–Kier alpha value is -1.24. The monoisotopic (exact) mass is 309 g/mol. The second-order valence-electron chi connectivity index (χ2n) is 3.24. The number of H-pyrrole nitrogens is 1. The summed E-state index contributed by atoms with van der Waals surface area (Å²) in [6.45, 7) is 0. The molecular weight excluding hydrogens is 300 g/mol. The van der Waals surface area contributed by atoms with Gasteiger partial charge in [-0.15, -0.1) is 0 Å². The van der Waals surface area contributed by atoms with E-state index < -0.39 is 23.4 Å². The highest BCUT2D eigenvalue weighted by Gasteiger charge is 2.20. The van der Waals surface area contributed by atoms with Crippen molar-refractivity contribution in [2.45, 2.75) is 18.2 Å². The van der Waals surface area contributed by atoms with Crippen LogP contribution in [0.4, 0.5) is 8.78 Å². The largest absolute Gasteiger partial charge is 0.469 e. The summed E-state index contributed by atoms with van der Waals surface area (Å²) in [5.74, 6) is -0.686. The molecule has 0 spiro atoms. The standard InChI is InChI=1S/C10H10BrF2NO3/c1-17-8(16)3-6-9(10(12)13)7(15)2-5(4-11)14-6/h2,10H,3-4H2,1H3,(H,14,15). The maximum atomic E-state index is 12.7. The molecule has 0 aliphatic heterocycles. The van der Waals surface area contributed by atoms with Crippen molar-refractivity contribution in [1.29, 1.82) is 0 Å². The van der Waals surface area contributed by atoms with Crippen LogP contribution in [0.5, 0.6) is 0 Å². The van der Waals surface area contributed by atoms with Crippen molar-refractivity contribution in [2.75, 3.05) is 7.11 Å². The number of hydrogen-bond donors (Lipinski definition) is 1. The van der Waals surface area contributed by atoms with Crippen LogP contribution in [0.15, 0.2) is 10.9 Å². The number of methoxy groups -OCH3 is 1. The van der Waals surface area contributed by atoms with Crippen LogP contribution in [0.25, 0.3) is 0 Å². The minimum atomic E-state index is -2.93. The van der Waals surface area contributed by atoms with E-state index in [9.17, 15) is 18.4 Å². The Morgan fingerprint density at radius 2 is 2.24 bits per heavy atom. The second-order valence-corrected chi connectivity index (χ2v) is 3.80. The summed E-state index contributed by atoms with van der Waals surface area (Å²) in [5.41, 5.74) is -1.14. The summed E-state index contributed by atoms with van der Waals surface area (Å²) >= 11 is 3.10. The summed E-state index contributed by atoms with van der Waals surface area (Å²) in [6, 6.07) is 1.08. The van der Waals surface area contributed by atoms with Gasteiger partial charge in [0.1, 0.15) is 0 Å². The van der Waals surface area contributed by atoms with Crippen molar-refractivity contribution in [3.05, 3.63) is 33.2 Å². The molecule has 0 radical (unpaired) electrons. The lowest BCUT2D eigenvalue weighted by molar-refractivity contribution is -0.139. The fraction of sp³-hybridized carbons (Fsp3) is 0.400. The summed E-state index contributed by atoms with van der Waals surface area (Å²) in [5, 5.41) is 0.305. The number of halogens is 3. The Bertz CT molecular complexity index is 473. The van der Waals surface area contributed by atoms with E-state index >= 15 is 0 Å². The van der Waals surface area contributed by atoms with E-state index in [2.05, 4.69) is 25.7 Å². The molecule has 0 saturated carbocycles. The van der Waals surface area contributed by atoms with Gasteiger partial charge in [0.05, 0.1) is 19.1 Å². The number of nitrogens with one attached hydrogen (secondary N) is 1. The molecule has 0 aliphatic carbocycles. The fourth-order valence-corrected chi connectivity index (χ4v) is 1.65. The quantitative estimate of drug-likeness (QED) is 0.683. The van der Waals surface area contributed by atoms with Gasteiger partial charge in [-0.2, -0.15) is 0 Å². The molecule has 0 aliphatic rings. The lowest BCUT2D eigenvalue weighted by Gasteiger charge is -2.09. The van der Waals surface area contributed by atoms with Crippen molar-refractivity contribution in [3.63, 3.8) is 0 Å². The first-order valence-corrected chi connectivity index (χ1v) is 5.77. The molecule has 0 aromatic carbocycles. The van der Waals surface area contributed by atoms with Crippen LogP contribution in [-0.2, 0) is 21.3 Å². The first kappa shape index (κ1) is 13.8. The molecule has 0 unspecified atom stereocenters. The van der Waals surface area contributed by atoms with Gasteiger partial charge in [0.2, 0.25) is 0 Å². The van der Waals surface area contributed by atoms with Crippen LogP contribution in [0.1, 0.15) is 23.4 Å². The predicted octanol–water partition coefficient (Wildman–Crippen LogP) is 1.92. The average molecular weight is 310 g/mol. The molecule has 4 nitrogen and oxygen atoms in total. The number of rotatable bonds is 4. The highest BCUT2D eigenvalue weighted by Crippen LogP contribution is 2.19. The molecule has 17 heavy (non-hydrogen) atoms. The van der Waals surface area contributed by atoms with E-state index in [-0.39, 0.29) is 12.1 Å². The second kappa shape index (κ2) is 5.90. The Balaban J connectivity index is 3.27. The van der Waals surface area contributed by atoms with Crippen LogP contribution in [0.2, 0.25) is 0 Å². The fourth-order valence-electron chi connectivity index (χ4n) is 1.35. The maximum Gasteiger partial charge on any atom is 0.311 e. The number of pyridine rings is 1. The normalized spacial score (nSPS) is 10.6. The Kier molecular flexibility index (Phi) is 4.80. The number of hydrogen-bond acceptors (Lipinski definition) is 3. The Morgan fingerprint density at radius 3 is 2.71 bits per heavy atom. The maximum absolute atomic E-state index is 12.7. The van der Waals surface area contributed by atoms with E-state index in [0.717, 1.165) is 13.2 Å². The lowest BCUT2D eigenvalue weighted by atomic mass is 10.1. The van der Waals surface area contributed by atoms with Gasteiger partial charge in [0.25, 0.3) is 6.43 Å². The first-order valence-electron chi connectivity index (χ1n) is 4.65. The summed E-state index contributed by atoms with van der Waals surface area (Å²) in [4.78, 5) is 25.1. The predicted molar refractivity (Wildman–Crippen MR) is 60.4 cm³/mol. The van der Waals surface area contributed by atoms with Gasteiger partial charge >= 0.3 is 5.97 Å². The molecule has 0 amide bonds. The summed E-state index contributed by atoms with van der Waals surface area (Å²) in [6.07, 6.45) is -3.31. The average Bonchev–Trinajstić information content (AvgIpc) is 2.27. The first-order chi connectivity index (χ1) is 7.99. The molecule has 0 fully saturated rings. The Labute approximate surface area is 104 Å². The molecule has 0 saturated heterocycles. The van der Waals surface area contributed by atoms with Gasteiger partial charge in [-0.05, 0) is 0 Å². The van der Waals surface area contributed by atoms with E-state index in [4.69, 9.17) is 0 Å². The smallest absolute Gasteiger partial charge is 0.311 e. The molecule has 0 bridgehead atoms. The minimum absolute atomic E-state index is 0.103. The number of ether oxygens (including phenoxy) is 1. The molecule has 7 heteroatoms. The molecule has 1 rings (SSSR count). The van der Waals surface area contributed by atoms with Gasteiger partial charge in [0.15, 0.2) is 5.43 Å². The summed E-state index contributed by atoms with van der Waals surface area (Å²) < 4.78 is 29.8. The third-order valence-electron chi connectivity index (χ3n) is 2.12. The van der Waals surface area contributed by atoms with E-state index in [1.165, 1.54) is 0 Å². The van der Waals surface area contributed by atoms with E-state index in [0.29, 0.717) is 11.0 Å². The van der Waals surface area contributed by atoms with Crippen molar-refractivity contribution >= 4 is 21.9 Å². The van der Waals surface area contributed by atoms with E-state index in [1.807, 2.05) is 0 Å². The zero-order valence-corrected chi connectivity index (χ0v) is 10.5. The number of alkyl halides is 3. The third-order valence-corrected chi connectivity index (χ3v) is 2.72. The van der Waals surface area contributed by atoms with Crippen LogP contribution in [-0.4, -0.2) is 18.1 Å². The highest BCUT2D eigenvalue weighted by atomic mass is 79.9. The molecule has 1 heterocycles. The molecule has 1 N–H and O–H groups in total. The molecular formula is C10H10BrF2NO3. The zero-order valence-electron chi connectivity index (χ0n) is 8.93. The zero-order chi connectivity index (χ0) is 13.0. The molecule has 1 aromatic heterocycles. The molecule has 1 aromatic rings. The lowest BCUT2D eigenvalue weighted by Crippen LogP contribution is -2.18. The van der Waals surface area contributed by atoms with E-state index in [1.54, 1.807) is 0 Å². The number of esters is 1. The number of carbonyl (C=O) groups excluding carboxylic acids is 1.